The summed E-state index contributed by atoms with van der Waals surface area (Å²) in [6, 6.07) is 0. The predicted molar refractivity (Wildman–Crippen MR) is 34.3 cm³/mol. The van der Waals surface area contributed by atoms with Crippen LogP contribution >= 0.6 is 0 Å². The summed E-state index contributed by atoms with van der Waals surface area (Å²) in [7, 11) is 1.49. The molecule has 0 aliphatic rings. The van der Waals surface area contributed by atoms with Crippen LogP contribution in [0.4, 0.5) is 11.8 Å². The van der Waals surface area contributed by atoms with Gasteiger partial charge >= 0.3 is 5.82 Å². The molecule has 0 fully saturated rings. The zero-order valence-electron chi connectivity index (χ0n) is 5.31. The van der Waals surface area contributed by atoms with Gasteiger partial charge in [-0.25, -0.2) is 0 Å². The van der Waals surface area contributed by atoms with Crippen molar-refractivity contribution in [3.8, 4) is 0 Å². The minimum Gasteiger partial charge on any atom is -0.358 e. The van der Waals surface area contributed by atoms with E-state index in [1.165, 1.54) is 11.6 Å². The summed E-state index contributed by atoms with van der Waals surface area (Å²) in [6.45, 7) is 0. The Hall–Kier alpha value is -1.59. The molecule has 0 aromatic carbocycles. The van der Waals surface area contributed by atoms with Crippen LogP contribution in [0.5, 0.6) is 0 Å². The van der Waals surface area contributed by atoms with E-state index in [0.29, 0.717) is 0 Å². The lowest BCUT2D eigenvalue weighted by atomic mass is 10.7. The molecule has 0 bridgehead atoms. The van der Waals surface area contributed by atoms with Crippen molar-refractivity contribution in [3.05, 3.63) is 16.3 Å². The number of nitrogens with zero attached hydrogens (tertiary/aromatic N) is 3. The largest absolute Gasteiger partial charge is 0.358 e. The fourth-order valence-corrected chi connectivity index (χ4v) is 0.584. The third kappa shape index (κ3) is 0.790. The molecule has 0 amide bonds. The second-order valence-electron chi connectivity index (χ2n) is 1.79. The van der Waals surface area contributed by atoms with E-state index in [1.54, 1.807) is 0 Å². The van der Waals surface area contributed by atoms with Gasteiger partial charge in [0.25, 0.3) is 5.95 Å². The van der Waals surface area contributed by atoms with Crippen molar-refractivity contribution in [3.63, 3.8) is 0 Å². The summed E-state index contributed by atoms with van der Waals surface area (Å²) >= 11 is 0. The van der Waals surface area contributed by atoms with E-state index in [1.807, 2.05) is 0 Å². The van der Waals surface area contributed by atoms with Crippen LogP contribution in [0.3, 0.4) is 0 Å². The number of aromatic nitrogens is 2. The van der Waals surface area contributed by atoms with E-state index in [2.05, 4.69) is 4.98 Å². The molecule has 10 heavy (non-hydrogen) atoms. The highest BCUT2D eigenvalue weighted by atomic mass is 16.6. The molecule has 0 saturated heterocycles. The monoisotopic (exact) mass is 142 g/mol. The third-order valence-corrected chi connectivity index (χ3v) is 1.19. The Morgan fingerprint density at radius 3 is 2.70 bits per heavy atom. The van der Waals surface area contributed by atoms with Crippen LogP contribution in [0.25, 0.3) is 0 Å². The normalized spacial score (nSPS) is 9.70. The average molecular weight is 142 g/mol. The highest BCUT2D eigenvalue weighted by molar-refractivity contribution is 5.29. The van der Waals surface area contributed by atoms with E-state index in [4.69, 9.17) is 5.73 Å². The van der Waals surface area contributed by atoms with Gasteiger partial charge in [0.2, 0.25) is 0 Å². The first-order chi connectivity index (χ1) is 4.63. The van der Waals surface area contributed by atoms with Crippen LogP contribution < -0.4 is 5.73 Å². The number of hydrogen-bond acceptors (Lipinski definition) is 4. The molecule has 0 spiro atoms. The van der Waals surface area contributed by atoms with Gasteiger partial charge in [0.1, 0.15) is 6.20 Å². The maximum Gasteiger partial charge on any atom is 0.344 e. The molecule has 0 aliphatic carbocycles. The fourth-order valence-electron chi connectivity index (χ4n) is 0.584. The molecular formula is C4H6N4O2. The van der Waals surface area contributed by atoms with Crippen molar-refractivity contribution in [2.45, 2.75) is 0 Å². The van der Waals surface area contributed by atoms with E-state index < -0.39 is 4.92 Å². The molecule has 1 rings (SSSR count). The van der Waals surface area contributed by atoms with Gasteiger partial charge < -0.3 is 15.8 Å². The number of nitrogens with two attached hydrogens (primary N) is 1. The van der Waals surface area contributed by atoms with E-state index in [0.717, 1.165) is 6.20 Å². The molecule has 1 aromatic rings. The first-order valence-electron chi connectivity index (χ1n) is 2.54. The van der Waals surface area contributed by atoms with Gasteiger partial charge in [-0.1, -0.05) is 0 Å². The molecule has 0 radical (unpaired) electrons. The van der Waals surface area contributed by atoms with Gasteiger partial charge in [-0.2, -0.15) is 9.55 Å². The lowest BCUT2D eigenvalue weighted by Gasteiger charge is -1.91. The van der Waals surface area contributed by atoms with Crippen molar-refractivity contribution in [2.24, 2.45) is 7.05 Å². The summed E-state index contributed by atoms with van der Waals surface area (Å²) in [5.74, 6) is 0.0456. The van der Waals surface area contributed by atoms with Crippen LogP contribution in [-0.2, 0) is 7.05 Å². The predicted octanol–water partition coefficient (Wildman–Crippen LogP) is -0.0895. The first-order valence-corrected chi connectivity index (χ1v) is 2.54. The molecule has 1 heterocycles. The van der Waals surface area contributed by atoms with E-state index >= 15 is 0 Å². The van der Waals surface area contributed by atoms with Crippen LogP contribution in [0.1, 0.15) is 0 Å². The van der Waals surface area contributed by atoms with Gasteiger partial charge in [0, 0.05) is 0 Å². The van der Waals surface area contributed by atoms with E-state index in [-0.39, 0.29) is 11.8 Å². The standard InChI is InChI=1S/C4H6N4O2/c1-7-3(8(9)10)2-6-4(7)5/h2H,1H3,(H2,5,6). The average Bonchev–Trinajstić information content (AvgIpc) is 2.14. The third-order valence-electron chi connectivity index (χ3n) is 1.19. The Morgan fingerprint density at radius 1 is 1.90 bits per heavy atom. The molecule has 0 saturated carbocycles. The molecule has 6 heteroatoms. The van der Waals surface area contributed by atoms with Gasteiger partial charge in [0.05, 0.1) is 7.05 Å². The Kier molecular flexibility index (Phi) is 1.29. The second-order valence-corrected chi connectivity index (χ2v) is 1.79. The smallest absolute Gasteiger partial charge is 0.344 e. The van der Waals surface area contributed by atoms with Crippen molar-refractivity contribution >= 4 is 11.8 Å². The zero-order chi connectivity index (χ0) is 7.72. The minimum atomic E-state index is -0.538. The summed E-state index contributed by atoms with van der Waals surface area (Å²) < 4.78 is 1.21. The maximum atomic E-state index is 10.1. The lowest BCUT2D eigenvalue weighted by molar-refractivity contribution is -0.391. The quantitative estimate of drug-likeness (QED) is 0.438. The number of anilines is 1. The second kappa shape index (κ2) is 1.98. The number of imidazole rings is 1. The molecule has 6 nitrogen and oxygen atoms in total. The molecule has 0 unspecified atom stereocenters. The van der Waals surface area contributed by atoms with Crippen molar-refractivity contribution < 1.29 is 4.92 Å². The Balaban J connectivity index is 3.17. The molecular weight excluding hydrogens is 136 g/mol. The topological polar surface area (TPSA) is 87.0 Å². The van der Waals surface area contributed by atoms with Gasteiger partial charge in [-0.3, -0.25) is 0 Å². The molecule has 1 aromatic heterocycles. The molecule has 2 N–H and O–H groups in total. The zero-order valence-corrected chi connectivity index (χ0v) is 5.31. The lowest BCUT2D eigenvalue weighted by Crippen LogP contribution is -2.00. The fraction of sp³-hybridized carbons (Fsp3) is 0.250. The van der Waals surface area contributed by atoms with Crippen molar-refractivity contribution in [2.75, 3.05) is 5.73 Å². The molecule has 0 atom stereocenters. The van der Waals surface area contributed by atoms with Crippen LogP contribution in [0.15, 0.2) is 6.20 Å². The van der Waals surface area contributed by atoms with Gasteiger partial charge in [-0.05, 0) is 4.92 Å². The molecule has 0 aliphatic heterocycles. The highest BCUT2D eigenvalue weighted by Gasteiger charge is 2.12. The molecule has 54 valence electrons. The maximum absolute atomic E-state index is 10.1. The van der Waals surface area contributed by atoms with Crippen LogP contribution in [-0.4, -0.2) is 14.5 Å². The Morgan fingerprint density at radius 2 is 2.50 bits per heavy atom. The highest BCUT2D eigenvalue weighted by Crippen LogP contribution is 2.11. The first kappa shape index (κ1) is 6.53. The summed E-state index contributed by atoms with van der Waals surface area (Å²) in [6.07, 6.45) is 1.12. The SMILES string of the molecule is Cn1c([N+](=O)[O-])cnc1N. The van der Waals surface area contributed by atoms with Crippen molar-refractivity contribution in [1.29, 1.82) is 0 Å². The number of nitro groups is 1. The summed E-state index contributed by atoms with van der Waals surface area (Å²) in [5.41, 5.74) is 5.23. The Labute approximate surface area is 56.4 Å². The Bertz CT molecular complexity index is 266. The number of nitrogen functional groups attached to an aromatic ring is 1. The number of hydrogen-bond donors (Lipinski definition) is 1. The minimum absolute atomic E-state index is 0.0995. The van der Waals surface area contributed by atoms with Crippen LogP contribution in [0, 0.1) is 10.1 Å². The van der Waals surface area contributed by atoms with Crippen LogP contribution in [0.2, 0.25) is 0 Å². The van der Waals surface area contributed by atoms with Gasteiger partial charge in [0.15, 0.2) is 0 Å². The summed E-state index contributed by atoms with van der Waals surface area (Å²) in [4.78, 5) is 13.1. The van der Waals surface area contributed by atoms with Gasteiger partial charge in [-0.15, -0.1) is 0 Å². The van der Waals surface area contributed by atoms with Crippen molar-refractivity contribution in [1.82, 2.24) is 9.55 Å². The number of rotatable bonds is 1. The summed E-state index contributed by atoms with van der Waals surface area (Å²) in [5, 5.41) is 10.1. The van der Waals surface area contributed by atoms with E-state index in [9.17, 15) is 10.1 Å².